The molecule has 1 aliphatic heterocycles. The smallest absolute Gasteiger partial charge is 0.239 e. The van der Waals surface area contributed by atoms with Crippen molar-refractivity contribution in [2.75, 3.05) is 26.3 Å². The van der Waals surface area contributed by atoms with E-state index in [2.05, 4.69) is 22.8 Å². The van der Waals surface area contributed by atoms with Gasteiger partial charge >= 0.3 is 0 Å². The van der Waals surface area contributed by atoms with Gasteiger partial charge in [0, 0.05) is 12.0 Å². The standard InChI is InChI=1S/C21H31N3O4/c1-14(2)19(22)20(26)23-12-18(25)24-13-21(7-3-4-8-21)15-5-6-16-17(11-15)28-10-9-27-16/h5-6,11,14,19H,3-4,7-10,12-13,22H2,1-2H3,(H,23,26)(H,24,25)/t19-/m0/s1. The van der Waals surface area contributed by atoms with Gasteiger partial charge in [-0.15, -0.1) is 0 Å². The molecule has 28 heavy (non-hydrogen) atoms. The molecule has 0 radical (unpaired) electrons. The molecule has 7 heteroatoms. The molecule has 3 rings (SSSR count). The summed E-state index contributed by atoms with van der Waals surface area (Å²) in [6, 6.07) is 5.48. The number of hydrogen-bond acceptors (Lipinski definition) is 5. The third-order valence-electron chi connectivity index (χ3n) is 5.78. The predicted molar refractivity (Wildman–Crippen MR) is 106 cm³/mol. The first-order valence-electron chi connectivity index (χ1n) is 10.1. The summed E-state index contributed by atoms with van der Waals surface area (Å²) in [5.41, 5.74) is 6.87. The quantitative estimate of drug-likeness (QED) is 0.656. The number of ether oxygens (including phenoxy) is 2. The van der Waals surface area contributed by atoms with Gasteiger partial charge in [-0.1, -0.05) is 32.8 Å². The fourth-order valence-corrected chi connectivity index (χ4v) is 3.91. The van der Waals surface area contributed by atoms with Gasteiger partial charge in [-0.25, -0.2) is 0 Å². The van der Waals surface area contributed by atoms with Crippen LogP contribution in [0.25, 0.3) is 0 Å². The normalized spacial score (nSPS) is 18.6. The third kappa shape index (κ3) is 4.58. The van der Waals surface area contributed by atoms with Crippen LogP contribution >= 0.6 is 0 Å². The summed E-state index contributed by atoms with van der Waals surface area (Å²) in [5.74, 6) is 1.08. The van der Waals surface area contributed by atoms with E-state index in [0.29, 0.717) is 19.8 Å². The van der Waals surface area contributed by atoms with Crippen molar-refractivity contribution in [3.8, 4) is 11.5 Å². The number of carbonyl (C=O) groups is 2. The number of carbonyl (C=O) groups excluding carboxylic acids is 2. The van der Waals surface area contributed by atoms with E-state index >= 15 is 0 Å². The molecule has 0 aromatic heterocycles. The molecule has 1 saturated carbocycles. The second-order valence-corrected chi connectivity index (χ2v) is 8.11. The van der Waals surface area contributed by atoms with Crippen LogP contribution in [0.15, 0.2) is 18.2 Å². The Labute approximate surface area is 166 Å². The van der Waals surface area contributed by atoms with Crippen molar-refractivity contribution in [3.63, 3.8) is 0 Å². The fraction of sp³-hybridized carbons (Fsp3) is 0.619. The summed E-state index contributed by atoms with van der Waals surface area (Å²) in [6.45, 7) is 5.36. The van der Waals surface area contributed by atoms with Gasteiger partial charge in [0.05, 0.1) is 12.6 Å². The molecule has 2 aliphatic rings. The molecule has 1 heterocycles. The maximum atomic E-state index is 12.3. The average molecular weight is 389 g/mol. The van der Waals surface area contributed by atoms with Crippen molar-refractivity contribution in [2.24, 2.45) is 11.7 Å². The molecule has 1 aromatic rings. The molecule has 1 aliphatic carbocycles. The van der Waals surface area contributed by atoms with Crippen molar-refractivity contribution in [1.82, 2.24) is 10.6 Å². The summed E-state index contributed by atoms with van der Waals surface area (Å²) in [5, 5.41) is 5.62. The number of nitrogens with one attached hydrogen (secondary N) is 2. The van der Waals surface area contributed by atoms with Gasteiger partial charge in [-0.3, -0.25) is 9.59 Å². The molecule has 7 nitrogen and oxygen atoms in total. The SMILES string of the molecule is CC(C)[C@H](N)C(=O)NCC(=O)NCC1(c2ccc3c(c2)OCCO3)CCCC1. The number of fused-ring (bicyclic) bond motifs is 1. The van der Waals surface area contributed by atoms with Crippen LogP contribution in [0.1, 0.15) is 45.1 Å². The number of nitrogens with two attached hydrogens (primary N) is 1. The molecular weight excluding hydrogens is 358 g/mol. The number of amides is 2. The lowest BCUT2D eigenvalue weighted by Gasteiger charge is -2.31. The van der Waals surface area contributed by atoms with Crippen LogP contribution in [0.2, 0.25) is 0 Å². The molecule has 1 fully saturated rings. The molecule has 0 spiro atoms. The van der Waals surface area contributed by atoms with E-state index in [9.17, 15) is 9.59 Å². The van der Waals surface area contributed by atoms with E-state index in [0.717, 1.165) is 37.2 Å². The van der Waals surface area contributed by atoms with Gasteiger partial charge in [-0.05, 0) is 36.5 Å². The highest BCUT2D eigenvalue weighted by molar-refractivity contribution is 5.87. The van der Waals surface area contributed by atoms with Crippen molar-refractivity contribution < 1.29 is 19.1 Å². The lowest BCUT2D eigenvalue weighted by atomic mass is 9.78. The molecule has 0 unspecified atom stereocenters. The molecule has 1 aromatic carbocycles. The first-order valence-corrected chi connectivity index (χ1v) is 10.1. The fourth-order valence-electron chi connectivity index (χ4n) is 3.91. The Morgan fingerprint density at radius 3 is 2.46 bits per heavy atom. The molecule has 2 amide bonds. The van der Waals surface area contributed by atoms with Crippen LogP contribution in [0.3, 0.4) is 0 Å². The Morgan fingerprint density at radius 2 is 1.79 bits per heavy atom. The van der Waals surface area contributed by atoms with Gasteiger partial charge in [0.2, 0.25) is 11.8 Å². The van der Waals surface area contributed by atoms with Crippen molar-refractivity contribution in [3.05, 3.63) is 23.8 Å². The lowest BCUT2D eigenvalue weighted by Crippen LogP contribution is -2.48. The van der Waals surface area contributed by atoms with Crippen LogP contribution in [0.5, 0.6) is 11.5 Å². The van der Waals surface area contributed by atoms with Crippen molar-refractivity contribution in [1.29, 1.82) is 0 Å². The largest absolute Gasteiger partial charge is 0.486 e. The Kier molecular flexibility index (Phi) is 6.44. The van der Waals surface area contributed by atoms with E-state index in [4.69, 9.17) is 15.2 Å². The van der Waals surface area contributed by atoms with Crippen molar-refractivity contribution >= 4 is 11.8 Å². The summed E-state index contributed by atoms with van der Waals surface area (Å²) in [4.78, 5) is 24.2. The zero-order valence-electron chi connectivity index (χ0n) is 16.8. The molecular formula is C21H31N3O4. The second kappa shape index (κ2) is 8.82. The van der Waals surface area contributed by atoms with Crippen LogP contribution in [0.4, 0.5) is 0 Å². The van der Waals surface area contributed by atoms with Gasteiger partial charge < -0.3 is 25.8 Å². The van der Waals surface area contributed by atoms with E-state index < -0.39 is 6.04 Å². The van der Waals surface area contributed by atoms with E-state index in [1.54, 1.807) is 0 Å². The van der Waals surface area contributed by atoms with Gasteiger partial charge in [0.1, 0.15) is 13.2 Å². The molecule has 154 valence electrons. The zero-order chi connectivity index (χ0) is 20.1. The first kappa shape index (κ1) is 20.5. The Morgan fingerprint density at radius 1 is 1.11 bits per heavy atom. The highest BCUT2D eigenvalue weighted by atomic mass is 16.6. The Hall–Kier alpha value is -2.28. The highest BCUT2D eigenvalue weighted by Crippen LogP contribution is 2.43. The van der Waals surface area contributed by atoms with Crippen LogP contribution in [-0.4, -0.2) is 44.2 Å². The zero-order valence-corrected chi connectivity index (χ0v) is 16.8. The topological polar surface area (TPSA) is 103 Å². The van der Waals surface area contributed by atoms with E-state index in [1.165, 1.54) is 5.56 Å². The second-order valence-electron chi connectivity index (χ2n) is 8.11. The maximum absolute atomic E-state index is 12.3. The molecule has 4 N–H and O–H groups in total. The first-order chi connectivity index (χ1) is 13.4. The minimum Gasteiger partial charge on any atom is -0.486 e. The summed E-state index contributed by atoms with van der Waals surface area (Å²) in [6.07, 6.45) is 4.28. The minimum absolute atomic E-state index is 0.0278. The Balaban J connectivity index is 1.60. The van der Waals surface area contributed by atoms with E-state index in [-0.39, 0.29) is 29.7 Å². The van der Waals surface area contributed by atoms with Gasteiger partial charge in [0.15, 0.2) is 11.5 Å². The van der Waals surface area contributed by atoms with Gasteiger partial charge in [-0.2, -0.15) is 0 Å². The minimum atomic E-state index is -0.605. The van der Waals surface area contributed by atoms with Crippen LogP contribution in [0, 0.1) is 5.92 Å². The molecule has 1 atom stereocenters. The highest BCUT2D eigenvalue weighted by Gasteiger charge is 2.36. The summed E-state index contributed by atoms with van der Waals surface area (Å²) in [7, 11) is 0. The monoisotopic (exact) mass is 389 g/mol. The summed E-state index contributed by atoms with van der Waals surface area (Å²) >= 11 is 0. The Bertz CT molecular complexity index is 714. The average Bonchev–Trinajstić information content (AvgIpc) is 3.19. The van der Waals surface area contributed by atoms with Crippen LogP contribution < -0.4 is 25.8 Å². The maximum Gasteiger partial charge on any atom is 0.239 e. The van der Waals surface area contributed by atoms with Crippen molar-refractivity contribution in [2.45, 2.75) is 51.0 Å². The number of benzene rings is 1. The van der Waals surface area contributed by atoms with E-state index in [1.807, 2.05) is 19.9 Å². The van der Waals surface area contributed by atoms with Crippen LogP contribution in [-0.2, 0) is 15.0 Å². The molecule has 0 saturated heterocycles. The third-order valence-corrected chi connectivity index (χ3v) is 5.78. The predicted octanol–water partition coefficient (Wildman–Crippen LogP) is 1.49. The molecule has 0 bridgehead atoms. The number of hydrogen-bond donors (Lipinski definition) is 3. The van der Waals surface area contributed by atoms with Gasteiger partial charge in [0.25, 0.3) is 0 Å². The lowest BCUT2D eigenvalue weighted by molar-refractivity contribution is -0.127. The number of rotatable bonds is 7. The summed E-state index contributed by atoms with van der Waals surface area (Å²) < 4.78 is 11.3.